The number of aliphatic carboxylic acids is 1. The summed E-state index contributed by atoms with van der Waals surface area (Å²) < 4.78 is 38.8. The Hall–Kier alpha value is -1.52. The molecule has 1 unspecified atom stereocenters. The van der Waals surface area contributed by atoms with Crippen LogP contribution in [0.3, 0.4) is 0 Å². The fourth-order valence-electron chi connectivity index (χ4n) is 1.69. The summed E-state index contributed by atoms with van der Waals surface area (Å²) in [7, 11) is 0. The van der Waals surface area contributed by atoms with Gasteiger partial charge in [-0.05, 0) is 12.0 Å². The first kappa shape index (κ1) is 12.5. The second kappa shape index (κ2) is 4.15. The Balaban J connectivity index is 3.42. The number of carboxylic acid groups (broad SMARTS) is 1. The van der Waals surface area contributed by atoms with E-state index in [0.717, 1.165) is 0 Å². The van der Waals surface area contributed by atoms with Gasteiger partial charge in [0.25, 0.3) is 0 Å². The van der Waals surface area contributed by atoms with E-state index in [2.05, 4.69) is 0 Å². The predicted octanol–water partition coefficient (Wildman–Crippen LogP) is 2.98. The first-order valence-electron chi connectivity index (χ1n) is 4.72. The highest BCUT2D eigenvalue weighted by Crippen LogP contribution is 2.43. The van der Waals surface area contributed by atoms with E-state index < -0.39 is 24.0 Å². The molecule has 88 valence electrons. The van der Waals surface area contributed by atoms with E-state index >= 15 is 0 Å². The molecule has 0 spiro atoms. The number of halogens is 3. The Morgan fingerprint density at radius 2 is 1.75 bits per heavy atom. The van der Waals surface area contributed by atoms with Gasteiger partial charge in [-0.2, -0.15) is 13.2 Å². The van der Waals surface area contributed by atoms with Crippen molar-refractivity contribution >= 4 is 5.97 Å². The van der Waals surface area contributed by atoms with Crippen LogP contribution < -0.4 is 0 Å². The lowest BCUT2D eigenvalue weighted by molar-refractivity contribution is -0.206. The molecule has 0 saturated heterocycles. The summed E-state index contributed by atoms with van der Waals surface area (Å²) in [5.74, 6) is -1.87. The molecule has 1 N–H and O–H groups in total. The van der Waals surface area contributed by atoms with Gasteiger partial charge in [-0.1, -0.05) is 37.3 Å². The molecule has 0 radical (unpaired) electrons. The van der Waals surface area contributed by atoms with Gasteiger partial charge >= 0.3 is 12.1 Å². The predicted molar refractivity (Wildman–Crippen MR) is 52.1 cm³/mol. The topological polar surface area (TPSA) is 37.3 Å². The monoisotopic (exact) mass is 232 g/mol. The van der Waals surface area contributed by atoms with E-state index in [0.29, 0.717) is 0 Å². The highest BCUT2D eigenvalue weighted by molar-refractivity contribution is 5.82. The van der Waals surface area contributed by atoms with Crippen molar-refractivity contribution in [3.8, 4) is 0 Å². The van der Waals surface area contributed by atoms with Crippen LogP contribution in [0.5, 0.6) is 0 Å². The van der Waals surface area contributed by atoms with Gasteiger partial charge in [0.05, 0.1) is 0 Å². The van der Waals surface area contributed by atoms with Gasteiger partial charge in [0.1, 0.15) is 0 Å². The number of hydrogen-bond acceptors (Lipinski definition) is 1. The maximum Gasteiger partial charge on any atom is 0.408 e. The molecule has 0 aliphatic rings. The van der Waals surface area contributed by atoms with E-state index in [-0.39, 0.29) is 5.56 Å². The quantitative estimate of drug-likeness (QED) is 0.869. The van der Waals surface area contributed by atoms with Gasteiger partial charge in [-0.3, -0.25) is 4.79 Å². The van der Waals surface area contributed by atoms with Crippen LogP contribution in [0, 0.1) is 0 Å². The fourth-order valence-corrected chi connectivity index (χ4v) is 1.69. The maximum absolute atomic E-state index is 12.9. The van der Waals surface area contributed by atoms with Crippen LogP contribution in [0.25, 0.3) is 0 Å². The third-order valence-corrected chi connectivity index (χ3v) is 2.65. The van der Waals surface area contributed by atoms with Gasteiger partial charge in [0, 0.05) is 0 Å². The summed E-state index contributed by atoms with van der Waals surface area (Å²) in [6.45, 7) is 1.22. The molecule has 0 heterocycles. The third-order valence-electron chi connectivity index (χ3n) is 2.65. The van der Waals surface area contributed by atoms with Crippen LogP contribution in [-0.4, -0.2) is 17.3 Å². The minimum Gasteiger partial charge on any atom is -0.480 e. The molecule has 2 nitrogen and oxygen atoms in total. The Morgan fingerprint density at radius 1 is 1.25 bits per heavy atom. The lowest BCUT2D eigenvalue weighted by Crippen LogP contribution is -2.48. The molecule has 1 rings (SSSR count). The molecule has 1 aromatic rings. The lowest BCUT2D eigenvalue weighted by atomic mass is 9.77. The summed E-state index contributed by atoms with van der Waals surface area (Å²) in [5, 5.41) is 8.89. The van der Waals surface area contributed by atoms with Crippen molar-refractivity contribution < 1.29 is 23.1 Å². The molecule has 0 saturated carbocycles. The van der Waals surface area contributed by atoms with Crippen molar-refractivity contribution in [3.05, 3.63) is 35.9 Å². The highest BCUT2D eigenvalue weighted by Gasteiger charge is 2.60. The van der Waals surface area contributed by atoms with Crippen molar-refractivity contribution in [2.24, 2.45) is 0 Å². The molecule has 0 aliphatic heterocycles. The van der Waals surface area contributed by atoms with Crippen molar-refractivity contribution in [3.63, 3.8) is 0 Å². The van der Waals surface area contributed by atoms with Crippen molar-refractivity contribution in [1.82, 2.24) is 0 Å². The summed E-state index contributed by atoms with van der Waals surface area (Å²) in [6.07, 6.45) is -5.34. The van der Waals surface area contributed by atoms with Gasteiger partial charge in [-0.15, -0.1) is 0 Å². The smallest absolute Gasteiger partial charge is 0.408 e. The summed E-state index contributed by atoms with van der Waals surface area (Å²) in [5.41, 5.74) is -3.05. The van der Waals surface area contributed by atoms with Gasteiger partial charge < -0.3 is 5.11 Å². The molecule has 0 aliphatic carbocycles. The first-order chi connectivity index (χ1) is 7.36. The Bertz CT molecular complexity index is 373. The van der Waals surface area contributed by atoms with Gasteiger partial charge in [0.2, 0.25) is 0 Å². The Labute approximate surface area is 90.7 Å². The summed E-state index contributed by atoms with van der Waals surface area (Å²) in [4.78, 5) is 11.0. The molecule has 1 atom stereocenters. The van der Waals surface area contributed by atoms with E-state index in [1.165, 1.54) is 31.2 Å². The second-order valence-corrected chi connectivity index (χ2v) is 3.43. The number of rotatable bonds is 3. The lowest BCUT2D eigenvalue weighted by Gasteiger charge is -2.30. The molecule has 5 heteroatoms. The third kappa shape index (κ3) is 1.77. The molecule has 0 aromatic heterocycles. The molecule has 16 heavy (non-hydrogen) atoms. The number of carbonyl (C=O) groups is 1. The van der Waals surface area contributed by atoms with E-state index in [4.69, 9.17) is 5.11 Å². The van der Waals surface area contributed by atoms with Crippen LogP contribution in [0.2, 0.25) is 0 Å². The van der Waals surface area contributed by atoms with Crippen LogP contribution in [0.1, 0.15) is 18.9 Å². The number of carboxylic acids is 1. The zero-order chi connectivity index (χ0) is 12.4. The van der Waals surface area contributed by atoms with E-state index in [9.17, 15) is 18.0 Å². The zero-order valence-electron chi connectivity index (χ0n) is 8.58. The van der Waals surface area contributed by atoms with Gasteiger partial charge in [0.15, 0.2) is 5.41 Å². The van der Waals surface area contributed by atoms with E-state index in [1.807, 2.05) is 0 Å². The highest BCUT2D eigenvalue weighted by atomic mass is 19.4. The van der Waals surface area contributed by atoms with Crippen LogP contribution >= 0.6 is 0 Å². The average Bonchev–Trinajstić information content (AvgIpc) is 2.18. The van der Waals surface area contributed by atoms with Crippen LogP contribution in [0.15, 0.2) is 30.3 Å². The van der Waals surface area contributed by atoms with Gasteiger partial charge in [-0.25, -0.2) is 0 Å². The SMILES string of the molecule is CCC(C(=O)O)(c1ccccc1)C(F)(F)F. The number of benzene rings is 1. The second-order valence-electron chi connectivity index (χ2n) is 3.43. The summed E-state index contributed by atoms with van der Waals surface area (Å²) >= 11 is 0. The minimum atomic E-state index is -4.81. The van der Waals surface area contributed by atoms with Crippen molar-refractivity contribution in [2.75, 3.05) is 0 Å². The van der Waals surface area contributed by atoms with E-state index in [1.54, 1.807) is 6.07 Å². The maximum atomic E-state index is 12.9. The van der Waals surface area contributed by atoms with Crippen LogP contribution in [0.4, 0.5) is 13.2 Å². The first-order valence-corrected chi connectivity index (χ1v) is 4.72. The molecule has 0 bridgehead atoms. The fraction of sp³-hybridized carbons (Fsp3) is 0.364. The molecule has 0 amide bonds. The normalized spacial score (nSPS) is 15.5. The standard InChI is InChI=1S/C11H11F3O2/c1-2-10(9(15)16,11(12,13)14)8-6-4-3-5-7-8/h3-7H,2H2,1H3,(H,15,16). The Morgan fingerprint density at radius 3 is 2.06 bits per heavy atom. The zero-order valence-corrected chi connectivity index (χ0v) is 8.58. The van der Waals surface area contributed by atoms with Crippen molar-refractivity contribution in [1.29, 1.82) is 0 Å². The largest absolute Gasteiger partial charge is 0.480 e. The minimum absolute atomic E-state index is 0.238. The molecule has 0 fully saturated rings. The van der Waals surface area contributed by atoms with Crippen molar-refractivity contribution in [2.45, 2.75) is 24.9 Å². The number of hydrogen-bond donors (Lipinski definition) is 1. The molecular weight excluding hydrogens is 221 g/mol. The number of alkyl halides is 3. The Kier molecular flexibility index (Phi) is 3.26. The molecule has 1 aromatic carbocycles. The molecular formula is C11H11F3O2. The average molecular weight is 232 g/mol. The van der Waals surface area contributed by atoms with Crippen LogP contribution in [-0.2, 0) is 10.2 Å². The summed E-state index contributed by atoms with van der Waals surface area (Å²) in [6, 6.07) is 6.71.